The number of hydrogen-bond donors (Lipinski definition) is 10. The Balaban J connectivity index is 0.641. The molecule has 11 saturated heterocycles. The number of hydrogen-bond acceptors (Lipinski definition) is 39. The molecular formula is C69H97ClNO38-. The molecule has 35 atom stereocenters. The van der Waals surface area contributed by atoms with E-state index in [2.05, 4.69) is 0 Å². The Bertz CT molecular complexity index is 3500. The zero-order chi connectivity index (χ0) is 78.6. The zero-order valence-electron chi connectivity index (χ0n) is 61.8. The summed E-state index contributed by atoms with van der Waals surface area (Å²) < 4.78 is 154. The second-order valence-corrected chi connectivity index (χ2v) is 30.0. The number of carbonyl (C=O) groups is 2. The van der Waals surface area contributed by atoms with Crippen molar-refractivity contribution < 1.29 is 179 Å². The molecular weight excluding hydrogens is 1490 g/mol. The molecule has 109 heavy (non-hydrogen) atoms. The van der Waals surface area contributed by atoms with E-state index >= 15 is 0 Å². The summed E-state index contributed by atoms with van der Waals surface area (Å²) in [5.41, 5.74) is -3.50. The number of hydroxylamine groups is 2. The molecule has 0 aliphatic carbocycles. The molecule has 11 aliphatic heterocycles. The minimum absolute atomic E-state index is 0.122. The molecule has 11 aliphatic rings. The number of rotatable bonds is 20. The van der Waals surface area contributed by atoms with Crippen molar-refractivity contribution in [3.63, 3.8) is 0 Å². The number of phenolic OH excluding ortho intramolecular Hbond substituents is 4. The lowest BCUT2D eigenvalue weighted by atomic mass is 9.85. The second kappa shape index (κ2) is 32.4. The SMILES string of the molecule is COCC1OC(OC2OCC3OC4(OCC(OC(=O)c5c(C)cc(O)cc5O)C5OCOC54)OC3C2O)C(OC)C(O)C1OC1OC(C)C(OC)C(OC2OC(C)C3OC4(CC(O)C(OC5CC(OC6CC(C)(N([O-])O)C(OC)C(C)O6)C(OC(=O)c6c(C)cc(O)c(Cl)c6O)C(C)O5)C(C)O4)OC3(C)C2O)C1O. The topological polar surface area (TPSA) is 493 Å². The molecule has 40 heteroatoms. The third-order valence-corrected chi connectivity index (χ3v) is 22.6. The van der Waals surface area contributed by atoms with E-state index in [4.69, 9.17) is 130 Å². The third kappa shape index (κ3) is 15.4. The number of nitrogens with zero attached hydrogens (tertiary/aromatic N) is 1. The van der Waals surface area contributed by atoms with Crippen LogP contribution >= 0.6 is 11.6 Å². The van der Waals surface area contributed by atoms with Crippen LogP contribution in [0.1, 0.15) is 99.6 Å². The van der Waals surface area contributed by atoms with Gasteiger partial charge in [-0.2, -0.15) is 0 Å². The lowest BCUT2D eigenvalue weighted by Gasteiger charge is -2.53. The molecule has 614 valence electrons. The molecule has 2 aromatic carbocycles. The summed E-state index contributed by atoms with van der Waals surface area (Å²) in [7, 11) is 5.32. The van der Waals surface area contributed by atoms with Gasteiger partial charge in [0.2, 0.25) is 0 Å². The zero-order valence-corrected chi connectivity index (χ0v) is 62.6. The number of methoxy groups -OCH3 is 4. The van der Waals surface area contributed by atoms with Gasteiger partial charge in [0, 0.05) is 47.3 Å². The van der Waals surface area contributed by atoms with E-state index in [1.807, 2.05) is 0 Å². The summed E-state index contributed by atoms with van der Waals surface area (Å²) in [6, 6.07) is 3.46. The van der Waals surface area contributed by atoms with E-state index in [0.717, 1.165) is 6.07 Å². The number of ether oxygens (including phenoxy) is 25. The van der Waals surface area contributed by atoms with Gasteiger partial charge >= 0.3 is 17.9 Å². The average molecular weight is 1580 g/mol. The molecule has 2 aromatic rings. The fourth-order valence-electron chi connectivity index (χ4n) is 16.8. The van der Waals surface area contributed by atoms with Crippen LogP contribution in [-0.4, -0.2) is 337 Å². The van der Waals surface area contributed by atoms with Gasteiger partial charge in [0.15, 0.2) is 61.8 Å². The molecule has 11 fully saturated rings. The van der Waals surface area contributed by atoms with Gasteiger partial charge < -0.3 is 175 Å². The van der Waals surface area contributed by atoms with E-state index in [9.17, 15) is 66.0 Å². The van der Waals surface area contributed by atoms with Crippen LogP contribution in [-0.2, 0) is 118 Å². The Morgan fingerprint density at radius 2 is 1.28 bits per heavy atom. The number of aryl methyl sites for hydroxylation is 2. The maximum atomic E-state index is 14.0. The maximum absolute atomic E-state index is 14.0. The maximum Gasteiger partial charge on any atom is 0.342 e. The van der Waals surface area contributed by atoms with Gasteiger partial charge in [0.1, 0.15) is 143 Å². The number of aliphatic hydroxyl groups is 5. The highest BCUT2D eigenvalue weighted by Crippen LogP contribution is 2.53. The van der Waals surface area contributed by atoms with Crippen LogP contribution in [0.4, 0.5) is 0 Å². The summed E-state index contributed by atoms with van der Waals surface area (Å²) in [4.78, 5) is 27.3. The molecule has 13 rings (SSSR count). The Labute approximate surface area is 629 Å². The Morgan fingerprint density at radius 3 is 1.97 bits per heavy atom. The molecule has 39 nitrogen and oxygen atoms in total. The monoisotopic (exact) mass is 1580 g/mol. The van der Waals surface area contributed by atoms with Gasteiger partial charge in [-0.15, -0.1) is 0 Å². The van der Waals surface area contributed by atoms with E-state index in [1.165, 1.54) is 68.3 Å². The second-order valence-electron chi connectivity index (χ2n) is 29.6. The summed E-state index contributed by atoms with van der Waals surface area (Å²) in [5, 5.41) is 125. The molecule has 35 unspecified atom stereocenters. The molecule has 0 radical (unpaired) electrons. The molecule has 0 saturated carbocycles. The van der Waals surface area contributed by atoms with Crippen LogP contribution in [0, 0.1) is 19.1 Å². The largest absolute Gasteiger partial charge is 0.762 e. The Morgan fingerprint density at radius 1 is 0.596 bits per heavy atom. The average Bonchev–Trinajstić information content (AvgIpc) is 1.57. The lowest BCUT2D eigenvalue weighted by Crippen LogP contribution is -2.68. The number of carbonyl (C=O) groups excluding carboxylic acids is 2. The van der Waals surface area contributed by atoms with Gasteiger partial charge in [-0.05, 0) is 85.6 Å². The highest BCUT2D eigenvalue weighted by Gasteiger charge is 2.70. The van der Waals surface area contributed by atoms with E-state index in [0.29, 0.717) is 0 Å². The van der Waals surface area contributed by atoms with Crippen LogP contribution in [0.5, 0.6) is 23.0 Å². The highest BCUT2D eigenvalue weighted by atomic mass is 35.5. The smallest absolute Gasteiger partial charge is 0.342 e. The van der Waals surface area contributed by atoms with Crippen LogP contribution in [0.2, 0.25) is 5.02 Å². The quantitative estimate of drug-likeness (QED) is 0.0626. The molecule has 0 bridgehead atoms. The minimum Gasteiger partial charge on any atom is -0.762 e. The summed E-state index contributed by atoms with van der Waals surface area (Å²) in [5.74, 6) is -8.04. The third-order valence-electron chi connectivity index (χ3n) is 22.2. The summed E-state index contributed by atoms with van der Waals surface area (Å²) in [6.07, 6.45) is -40.5. The van der Waals surface area contributed by atoms with Crippen LogP contribution in [0.15, 0.2) is 18.2 Å². The first-order valence-corrected chi connectivity index (χ1v) is 36.2. The van der Waals surface area contributed by atoms with E-state index in [-0.39, 0.29) is 72.7 Å². The fraction of sp³-hybridized carbons (Fsp3) is 0.797. The molecule has 11 heterocycles. The van der Waals surface area contributed by atoms with Crippen molar-refractivity contribution in [2.75, 3.05) is 55.1 Å². The van der Waals surface area contributed by atoms with Crippen molar-refractivity contribution in [1.29, 1.82) is 0 Å². The Kier molecular flexibility index (Phi) is 24.5. The van der Waals surface area contributed by atoms with Crippen molar-refractivity contribution in [2.45, 2.75) is 295 Å². The van der Waals surface area contributed by atoms with Gasteiger partial charge in [-0.3, -0.25) is 5.23 Å². The first kappa shape index (κ1) is 82.6. The molecule has 0 amide bonds. The van der Waals surface area contributed by atoms with Crippen molar-refractivity contribution in [3.05, 3.63) is 50.7 Å². The number of fused-ring (bicyclic) bond motifs is 4. The molecule has 0 aromatic heterocycles. The Hall–Kier alpha value is -4.37. The first-order valence-electron chi connectivity index (χ1n) is 35.8. The first-order chi connectivity index (χ1) is 51.6. The predicted molar refractivity (Wildman–Crippen MR) is 353 cm³/mol. The van der Waals surface area contributed by atoms with Crippen LogP contribution in [0.3, 0.4) is 0 Å². The van der Waals surface area contributed by atoms with E-state index in [1.54, 1.807) is 34.6 Å². The van der Waals surface area contributed by atoms with Crippen molar-refractivity contribution >= 4 is 23.5 Å². The van der Waals surface area contributed by atoms with Crippen LogP contribution in [0.25, 0.3) is 0 Å². The number of aliphatic hydroxyl groups excluding tert-OH is 5. The summed E-state index contributed by atoms with van der Waals surface area (Å²) in [6.45, 7) is 12.8. The summed E-state index contributed by atoms with van der Waals surface area (Å²) >= 11 is 6.13. The van der Waals surface area contributed by atoms with Crippen molar-refractivity contribution in [3.8, 4) is 23.0 Å². The van der Waals surface area contributed by atoms with Gasteiger partial charge in [-0.25, -0.2) is 9.59 Å². The number of aromatic hydroxyl groups is 4. The lowest BCUT2D eigenvalue weighted by molar-refractivity contribution is -0.415. The minimum atomic E-state index is -2.06. The van der Waals surface area contributed by atoms with E-state index < -0.39 is 254 Å². The fourth-order valence-corrected chi connectivity index (χ4v) is 17.0. The predicted octanol–water partition coefficient (Wildman–Crippen LogP) is 0.218. The number of phenols is 4. The van der Waals surface area contributed by atoms with Crippen molar-refractivity contribution in [2.24, 2.45) is 0 Å². The van der Waals surface area contributed by atoms with Gasteiger partial charge in [0.05, 0.1) is 68.4 Å². The normalized spacial score (nSPS) is 46.4. The van der Waals surface area contributed by atoms with Crippen molar-refractivity contribution in [1.82, 2.24) is 5.23 Å². The van der Waals surface area contributed by atoms with Crippen LogP contribution < -0.4 is 0 Å². The number of esters is 2. The van der Waals surface area contributed by atoms with Gasteiger partial charge in [0.25, 0.3) is 5.97 Å². The molecule has 2 spiro atoms. The van der Waals surface area contributed by atoms with Gasteiger partial charge in [-0.1, -0.05) is 11.6 Å². The number of benzene rings is 2. The molecule has 10 N–H and O–H groups in total. The number of halogens is 1. The standard InChI is InChI=1S/C69H97ClNO38/c1-24-14-31(72)16-32(73)41(24)60(81)98-37-22-92-69(59-53(37)90-23-91-59)106-38-21-89-62(46(78)52(38)107-69)104-64-55(87-12)45(77)51(36(99-64)20-85-10)102-63-47(79)54(50(86-11)27(4)95-63)103-65-56(80)67(9)58(30(7)96-65)108-68(109-67)18-34(75)48(28(5)105-68)100-39-17-35(97-40-19-66(8,71(83)84)57(88-13)29(6)94-40)49(26(3)93-39)101-61(82)42-25(2)15-33(74)43(70)44(42)76/h14-16,26-30,34-40,45-59,62-65,72-80,83H,17-23H2,1-13H3/q-1. The highest BCUT2D eigenvalue weighted by molar-refractivity contribution is 6.34.